The summed E-state index contributed by atoms with van der Waals surface area (Å²) < 4.78 is 5.05. The van der Waals surface area contributed by atoms with E-state index in [1.54, 1.807) is 18.7 Å². The van der Waals surface area contributed by atoms with Crippen LogP contribution in [-0.2, 0) is 9.53 Å². The number of nitrogens with zero attached hydrogens (tertiary/aromatic N) is 1. The quantitative estimate of drug-likeness (QED) is 0.627. The van der Waals surface area contributed by atoms with Gasteiger partial charge in [-0.2, -0.15) is 0 Å². The van der Waals surface area contributed by atoms with Crippen LogP contribution in [0.1, 0.15) is 13.8 Å². The maximum atomic E-state index is 11.6. The Kier molecular flexibility index (Phi) is 2.96. The van der Waals surface area contributed by atoms with Crippen LogP contribution in [0.4, 0.5) is 0 Å². The number of hydrogen-bond donors (Lipinski definition) is 1. The lowest BCUT2D eigenvalue weighted by atomic mass is 10.1. The van der Waals surface area contributed by atoms with E-state index < -0.39 is 6.29 Å². The lowest BCUT2D eigenvalue weighted by Gasteiger charge is -2.24. The van der Waals surface area contributed by atoms with Crippen molar-refractivity contribution in [3.05, 3.63) is 23.1 Å². The van der Waals surface area contributed by atoms with Crippen molar-refractivity contribution < 1.29 is 14.6 Å². The Labute approximate surface area is 83.5 Å². The van der Waals surface area contributed by atoms with E-state index in [0.29, 0.717) is 17.0 Å². The number of rotatable bonds is 1. The molecule has 1 atom stereocenters. The van der Waals surface area contributed by atoms with Crippen molar-refractivity contribution in [2.75, 3.05) is 14.1 Å². The van der Waals surface area contributed by atoms with Crippen LogP contribution in [0.5, 0.6) is 0 Å². The number of ether oxygens (including phenoxy) is 1. The van der Waals surface area contributed by atoms with E-state index in [4.69, 9.17) is 4.74 Å². The van der Waals surface area contributed by atoms with Gasteiger partial charge >= 0.3 is 0 Å². The molecule has 0 aromatic carbocycles. The second-order valence-corrected chi connectivity index (χ2v) is 3.48. The molecule has 1 heterocycles. The van der Waals surface area contributed by atoms with Crippen LogP contribution >= 0.6 is 0 Å². The first-order chi connectivity index (χ1) is 6.43. The Hall–Kier alpha value is -1.29. The second kappa shape index (κ2) is 3.84. The molecule has 1 unspecified atom stereocenters. The molecule has 4 nitrogen and oxygen atoms in total. The summed E-state index contributed by atoms with van der Waals surface area (Å²) in [5.74, 6) is 0.255. The zero-order chi connectivity index (χ0) is 10.9. The molecule has 0 fully saturated rings. The van der Waals surface area contributed by atoms with Crippen molar-refractivity contribution in [2.45, 2.75) is 20.1 Å². The topological polar surface area (TPSA) is 49.8 Å². The van der Waals surface area contributed by atoms with Gasteiger partial charge in [-0.3, -0.25) is 4.79 Å². The number of aliphatic hydroxyl groups is 1. The van der Waals surface area contributed by atoms with Gasteiger partial charge in [0.2, 0.25) is 6.29 Å². The molecule has 1 aliphatic heterocycles. The molecule has 0 saturated carbocycles. The van der Waals surface area contributed by atoms with Gasteiger partial charge in [0.05, 0.1) is 5.57 Å². The van der Waals surface area contributed by atoms with Gasteiger partial charge < -0.3 is 14.7 Å². The molecule has 0 saturated heterocycles. The summed E-state index contributed by atoms with van der Waals surface area (Å²) in [6.07, 6.45) is 0.240. The predicted molar refractivity (Wildman–Crippen MR) is 52.2 cm³/mol. The molecule has 0 radical (unpaired) electrons. The number of carbonyl (C=O) groups is 1. The fourth-order valence-corrected chi connectivity index (χ4v) is 1.25. The zero-order valence-electron chi connectivity index (χ0n) is 8.87. The summed E-state index contributed by atoms with van der Waals surface area (Å²) in [5, 5.41) is 9.56. The third-order valence-electron chi connectivity index (χ3n) is 2.20. The van der Waals surface area contributed by atoms with Crippen molar-refractivity contribution in [3.8, 4) is 0 Å². The van der Waals surface area contributed by atoms with E-state index in [1.165, 1.54) is 6.08 Å². The van der Waals surface area contributed by atoms with Gasteiger partial charge in [-0.1, -0.05) is 0 Å². The number of ketones is 1. The summed E-state index contributed by atoms with van der Waals surface area (Å²) in [7, 11) is 3.63. The van der Waals surface area contributed by atoms with Crippen molar-refractivity contribution in [1.29, 1.82) is 0 Å². The van der Waals surface area contributed by atoms with E-state index in [-0.39, 0.29) is 5.78 Å². The Balaban J connectivity index is 3.12. The molecule has 4 heteroatoms. The van der Waals surface area contributed by atoms with Gasteiger partial charge in [-0.15, -0.1) is 0 Å². The Morgan fingerprint density at radius 2 is 2.14 bits per heavy atom. The first kappa shape index (κ1) is 10.8. The summed E-state index contributed by atoms with van der Waals surface area (Å²) >= 11 is 0. The fraction of sp³-hybridized carbons (Fsp3) is 0.500. The van der Waals surface area contributed by atoms with Gasteiger partial charge in [0.25, 0.3) is 0 Å². The third kappa shape index (κ3) is 1.96. The van der Waals surface area contributed by atoms with Crippen LogP contribution in [0.15, 0.2) is 23.1 Å². The largest absolute Gasteiger partial charge is 0.465 e. The first-order valence-electron chi connectivity index (χ1n) is 4.39. The molecule has 0 aromatic rings. The lowest BCUT2D eigenvalue weighted by molar-refractivity contribution is -0.119. The smallest absolute Gasteiger partial charge is 0.229 e. The third-order valence-corrected chi connectivity index (χ3v) is 2.20. The predicted octanol–water partition coefficient (Wildman–Crippen LogP) is 0.643. The molecule has 0 spiro atoms. The fourth-order valence-electron chi connectivity index (χ4n) is 1.25. The van der Waals surface area contributed by atoms with Gasteiger partial charge in [-0.05, 0) is 13.8 Å². The normalized spacial score (nSPS) is 25.4. The maximum absolute atomic E-state index is 11.6. The molecule has 14 heavy (non-hydrogen) atoms. The minimum absolute atomic E-state index is 0.188. The molecule has 1 N–H and O–H groups in total. The number of carbonyl (C=O) groups excluding carboxylic acids is 1. The number of allylic oxidation sites excluding steroid dienone is 3. The summed E-state index contributed by atoms with van der Waals surface area (Å²) in [6, 6.07) is 0. The molecule has 0 amide bonds. The van der Waals surface area contributed by atoms with Crippen LogP contribution in [-0.4, -0.2) is 36.2 Å². The first-order valence-corrected chi connectivity index (χ1v) is 4.39. The van der Waals surface area contributed by atoms with Gasteiger partial charge in [-0.25, -0.2) is 0 Å². The Bertz CT molecular complexity index is 315. The van der Waals surface area contributed by atoms with E-state index in [9.17, 15) is 9.90 Å². The highest BCUT2D eigenvalue weighted by atomic mass is 16.6. The minimum Gasteiger partial charge on any atom is -0.465 e. The summed E-state index contributed by atoms with van der Waals surface area (Å²) in [5.41, 5.74) is 1.02. The average molecular weight is 197 g/mol. The molecular formula is C10H15NO3. The molecule has 0 bridgehead atoms. The zero-order valence-corrected chi connectivity index (χ0v) is 8.87. The number of aliphatic hydroxyl groups excluding tert-OH is 1. The van der Waals surface area contributed by atoms with Crippen molar-refractivity contribution >= 4 is 5.78 Å². The van der Waals surface area contributed by atoms with Gasteiger partial charge in [0.15, 0.2) is 5.78 Å². The monoisotopic (exact) mass is 197 g/mol. The van der Waals surface area contributed by atoms with Crippen molar-refractivity contribution in [3.63, 3.8) is 0 Å². The van der Waals surface area contributed by atoms with Gasteiger partial charge in [0.1, 0.15) is 5.76 Å². The van der Waals surface area contributed by atoms with Crippen LogP contribution in [0.2, 0.25) is 0 Å². The average Bonchev–Trinajstić information content (AvgIpc) is 2.01. The molecular weight excluding hydrogens is 182 g/mol. The van der Waals surface area contributed by atoms with Crippen molar-refractivity contribution in [2.24, 2.45) is 0 Å². The Morgan fingerprint density at radius 3 is 2.57 bits per heavy atom. The SMILES string of the molecule is CC1=CC(=O)/C(=C(/C)N(C)C)C(O)O1. The summed E-state index contributed by atoms with van der Waals surface area (Å²) in [6.45, 7) is 3.41. The van der Waals surface area contributed by atoms with Crippen LogP contribution in [0.25, 0.3) is 0 Å². The van der Waals surface area contributed by atoms with Crippen LogP contribution in [0, 0.1) is 0 Å². The number of hydrogen-bond acceptors (Lipinski definition) is 4. The molecule has 0 aromatic heterocycles. The van der Waals surface area contributed by atoms with E-state index in [0.717, 1.165) is 0 Å². The van der Waals surface area contributed by atoms with E-state index >= 15 is 0 Å². The van der Waals surface area contributed by atoms with Crippen LogP contribution < -0.4 is 0 Å². The molecule has 1 aliphatic rings. The minimum atomic E-state index is -1.14. The van der Waals surface area contributed by atoms with E-state index in [1.807, 2.05) is 14.1 Å². The maximum Gasteiger partial charge on any atom is 0.229 e. The highest BCUT2D eigenvalue weighted by Crippen LogP contribution is 2.21. The molecule has 0 aliphatic carbocycles. The molecule has 1 rings (SSSR count). The highest BCUT2D eigenvalue weighted by molar-refractivity contribution is 6.05. The van der Waals surface area contributed by atoms with Crippen LogP contribution in [0.3, 0.4) is 0 Å². The standard InChI is InChI=1S/C10H15NO3/c1-6-5-8(12)9(10(13)14-6)7(2)11(3)4/h5,10,13H,1-4H3/b9-7+. The van der Waals surface area contributed by atoms with E-state index in [2.05, 4.69) is 0 Å². The highest BCUT2D eigenvalue weighted by Gasteiger charge is 2.26. The lowest BCUT2D eigenvalue weighted by Crippen LogP contribution is -2.28. The second-order valence-electron chi connectivity index (χ2n) is 3.48. The van der Waals surface area contributed by atoms with Crippen molar-refractivity contribution in [1.82, 2.24) is 4.90 Å². The summed E-state index contributed by atoms with van der Waals surface area (Å²) in [4.78, 5) is 13.3. The molecule has 78 valence electrons. The Morgan fingerprint density at radius 1 is 1.57 bits per heavy atom. The van der Waals surface area contributed by atoms with Gasteiger partial charge in [0, 0.05) is 25.9 Å².